The van der Waals surface area contributed by atoms with Crippen molar-refractivity contribution in [2.75, 3.05) is 12.3 Å². The average Bonchev–Trinajstić information content (AvgIpc) is 2.42. The summed E-state index contributed by atoms with van der Waals surface area (Å²) in [6.07, 6.45) is 7.64. The molecule has 0 aromatic heterocycles. The van der Waals surface area contributed by atoms with E-state index in [1.165, 1.54) is 5.57 Å². The quantitative estimate of drug-likeness (QED) is 0.419. The molecule has 0 aliphatic rings. The summed E-state index contributed by atoms with van der Waals surface area (Å²) in [4.78, 5) is 0. The molecule has 0 spiro atoms. The Kier molecular flexibility index (Phi) is 6.23. The molecule has 0 radical (unpaired) electrons. The lowest BCUT2D eigenvalue weighted by atomic mass is 10.1. The van der Waals surface area contributed by atoms with Gasteiger partial charge in [0.2, 0.25) is 0 Å². The number of rotatable bonds is 8. The summed E-state index contributed by atoms with van der Waals surface area (Å²) in [5, 5.41) is 3.31. The fraction of sp³-hybridized carbons (Fsp3) is 0.176. The Morgan fingerprint density at radius 2 is 2.11 bits per heavy atom. The van der Waals surface area contributed by atoms with E-state index in [0.717, 1.165) is 36.3 Å². The molecule has 0 heterocycles. The summed E-state index contributed by atoms with van der Waals surface area (Å²) in [5.74, 6) is 0. The zero-order valence-corrected chi connectivity index (χ0v) is 11.4. The van der Waals surface area contributed by atoms with Crippen molar-refractivity contribution in [1.82, 2.24) is 5.32 Å². The molecule has 0 saturated carbocycles. The lowest BCUT2D eigenvalue weighted by Gasteiger charge is -2.10. The van der Waals surface area contributed by atoms with E-state index in [1.54, 1.807) is 6.08 Å². The van der Waals surface area contributed by atoms with Crippen molar-refractivity contribution < 1.29 is 0 Å². The second-order valence-corrected chi connectivity index (χ2v) is 4.32. The van der Waals surface area contributed by atoms with E-state index in [1.807, 2.05) is 36.4 Å². The molecule has 0 fully saturated rings. The van der Waals surface area contributed by atoms with Crippen LogP contribution in [0.5, 0.6) is 0 Å². The number of hydrogen-bond donors (Lipinski definition) is 2. The summed E-state index contributed by atoms with van der Waals surface area (Å²) in [6.45, 7) is 12.4. The van der Waals surface area contributed by atoms with E-state index < -0.39 is 0 Å². The predicted octanol–water partition coefficient (Wildman–Crippen LogP) is 3.91. The maximum atomic E-state index is 5.75. The molecule has 19 heavy (non-hydrogen) atoms. The van der Waals surface area contributed by atoms with Gasteiger partial charge in [0.05, 0.1) is 0 Å². The van der Waals surface area contributed by atoms with Gasteiger partial charge in [0, 0.05) is 17.9 Å². The SMILES string of the molecule is C=C/C=C(\C=C)CCCNC(=C)c1cccc(N)c1. The minimum Gasteiger partial charge on any atom is -0.399 e. The maximum absolute atomic E-state index is 5.75. The molecule has 0 unspecified atom stereocenters. The molecule has 0 amide bonds. The van der Waals surface area contributed by atoms with Gasteiger partial charge in [-0.25, -0.2) is 0 Å². The van der Waals surface area contributed by atoms with E-state index in [-0.39, 0.29) is 0 Å². The van der Waals surface area contributed by atoms with Crippen LogP contribution in [0.1, 0.15) is 18.4 Å². The number of nitrogen functional groups attached to an aromatic ring is 1. The molecule has 0 aliphatic carbocycles. The van der Waals surface area contributed by atoms with Crippen molar-refractivity contribution in [1.29, 1.82) is 0 Å². The summed E-state index contributed by atoms with van der Waals surface area (Å²) in [5.41, 5.74) is 9.63. The first-order valence-electron chi connectivity index (χ1n) is 6.40. The molecule has 2 nitrogen and oxygen atoms in total. The van der Waals surface area contributed by atoms with Crippen LogP contribution in [-0.4, -0.2) is 6.54 Å². The van der Waals surface area contributed by atoms with Gasteiger partial charge in [-0.2, -0.15) is 0 Å². The highest BCUT2D eigenvalue weighted by molar-refractivity contribution is 5.64. The highest BCUT2D eigenvalue weighted by Gasteiger charge is 1.98. The topological polar surface area (TPSA) is 38.0 Å². The minimum absolute atomic E-state index is 0.753. The number of nitrogens with one attached hydrogen (secondary N) is 1. The number of hydrogen-bond acceptors (Lipinski definition) is 2. The fourth-order valence-corrected chi connectivity index (χ4v) is 1.77. The van der Waals surface area contributed by atoms with Crippen LogP contribution in [0.4, 0.5) is 5.69 Å². The Hall–Kier alpha value is -2.22. The minimum atomic E-state index is 0.753. The van der Waals surface area contributed by atoms with Crippen molar-refractivity contribution in [3.05, 3.63) is 73.4 Å². The third kappa shape index (κ3) is 5.30. The van der Waals surface area contributed by atoms with Gasteiger partial charge < -0.3 is 11.1 Å². The predicted molar refractivity (Wildman–Crippen MR) is 85.6 cm³/mol. The number of nitrogens with two attached hydrogens (primary N) is 1. The van der Waals surface area contributed by atoms with Gasteiger partial charge in [-0.1, -0.05) is 50.1 Å². The maximum Gasteiger partial charge on any atom is 0.0341 e. The van der Waals surface area contributed by atoms with Crippen molar-refractivity contribution in [2.24, 2.45) is 0 Å². The third-order valence-corrected chi connectivity index (χ3v) is 2.81. The van der Waals surface area contributed by atoms with Gasteiger partial charge >= 0.3 is 0 Å². The lowest BCUT2D eigenvalue weighted by molar-refractivity contribution is 0.765. The number of anilines is 1. The molecule has 1 aromatic rings. The van der Waals surface area contributed by atoms with E-state index in [4.69, 9.17) is 5.73 Å². The van der Waals surface area contributed by atoms with Gasteiger partial charge in [-0.3, -0.25) is 0 Å². The molecule has 3 N–H and O–H groups in total. The van der Waals surface area contributed by atoms with Crippen LogP contribution < -0.4 is 11.1 Å². The van der Waals surface area contributed by atoms with E-state index in [0.29, 0.717) is 0 Å². The van der Waals surface area contributed by atoms with Gasteiger partial charge in [0.15, 0.2) is 0 Å². The molecule has 0 atom stereocenters. The van der Waals surface area contributed by atoms with Gasteiger partial charge in [0.1, 0.15) is 0 Å². The molecule has 1 rings (SSSR count). The van der Waals surface area contributed by atoms with Crippen molar-refractivity contribution in [3.8, 4) is 0 Å². The molecule has 0 bridgehead atoms. The van der Waals surface area contributed by atoms with Crippen LogP contribution in [0.3, 0.4) is 0 Å². The monoisotopic (exact) mass is 254 g/mol. The molecule has 2 heteroatoms. The molecule has 0 aliphatic heterocycles. The zero-order valence-electron chi connectivity index (χ0n) is 11.4. The van der Waals surface area contributed by atoms with Crippen molar-refractivity contribution >= 4 is 11.4 Å². The largest absolute Gasteiger partial charge is 0.399 e. The summed E-state index contributed by atoms with van der Waals surface area (Å²) in [6, 6.07) is 7.72. The Morgan fingerprint density at radius 1 is 1.32 bits per heavy atom. The van der Waals surface area contributed by atoms with Crippen LogP contribution in [0, 0.1) is 0 Å². The molecule has 0 saturated heterocycles. The first-order valence-corrected chi connectivity index (χ1v) is 6.40. The number of benzene rings is 1. The van der Waals surface area contributed by atoms with E-state index in [2.05, 4.69) is 25.1 Å². The normalized spacial score (nSPS) is 10.8. The Bertz CT molecular complexity index is 484. The summed E-state index contributed by atoms with van der Waals surface area (Å²) >= 11 is 0. The molecular formula is C17H22N2. The summed E-state index contributed by atoms with van der Waals surface area (Å²) < 4.78 is 0. The standard InChI is InChI=1S/C17H22N2/c1-4-8-15(5-2)9-7-12-19-14(3)16-10-6-11-17(18)13-16/h4-6,8,10-11,13,19H,1-3,7,9,12,18H2/b15-8+. The van der Waals surface area contributed by atoms with Gasteiger partial charge in [-0.15, -0.1) is 0 Å². The van der Waals surface area contributed by atoms with Crippen molar-refractivity contribution in [3.63, 3.8) is 0 Å². The Labute approximate surface area is 116 Å². The smallest absolute Gasteiger partial charge is 0.0341 e. The highest BCUT2D eigenvalue weighted by atomic mass is 14.9. The second-order valence-electron chi connectivity index (χ2n) is 4.32. The van der Waals surface area contributed by atoms with Crippen LogP contribution >= 0.6 is 0 Å². The van der Waals surface area contributed by atoms with Crippen LogP contribution in [0.2, 0.25) is 0 Å². The zero-order chi connectivity index (χ0) is 14.1. The molecule has 100 valence electrons. The van der Waals surface area contributed by atoms with E-state index >= 15 is 0 Å². The van der Waals surface area contributed by atoms with Crippen LogP contribution in [-0.2, 0) is 0 Å². The number of allylic oxidation sites excluding steroid dienone is 4. The highest BCUT2D eigenvalue weighted by Crippen LogP contribution is 2.13. The fourth-order valence-electron chi connectivity index (χ4n) is 1.77. The van der Waals surface area contributed by atoms with Crippen molar-refractivity contribution in [2.45, 2.75) is 12.8 Å². The first kappa shape index (κ1) is 14.8. The Morgan fingerprint density at radius 3 is 2.74 bits per heavy atom. The lowest BCUT2D eigenvalue weighted by Crippen LogP contribution is -2.13. The first-order chi connectivity index (χ1) is 9.17. The van der Waals surface area contributed by atoms with Gasteiger partial charge in [-0.05, 0) is 36.1 Å². The Balaban J connectivity index is 2.37. The van der Waals surface area contributed by atoms with Gasteiger partial charge in [0.25, 0.3) is 0 Å². The average molecular weight is 254 g/mol. The van der Waals surface area contributed by atoms with Crippen LogP contribution in [0.25, 0.3) is 5.70 Å². The molecule has 1 aromatic carbocycles. The summed E-state index contributed by atoms with van der Waals surface area (Å²) in [7, 11) is 0. The third-order valence-electron chi connectivity index (χ3n) is 2.81. The second kappa shape index (κ2) is 7.98. The van der Waals surface area contributed by atoms with Crippen LogP contribution in [0.15, 0.2) is 67.8 Å². The van der Waals surface area contributed by atoms with E-state index in [9.17, 15) is 0 Å². The molecular weight excluding hydrogens is 232 g/mol.